The Morgan fingerprint density at radius 2 is 2.03 bits per heavy atom. The monoisotopic (exact) mass is 421 g/mol. The van der Waals surface area contributed by atoms with Gasteiger partial charge in [-0.3, -0.25) is 4.79 Å². The van der Waals surface area contributed by atoms with Gasteiger partial charge in [0, 0.05) is 25.6 Å². The van der Waals surface area contributed by atoms with Crippen LogP contribution in [-0.4, -0.2) is 35.7 Å². The summed E-state index contributed by atoms with van der Waals surface area (Å²) in [6.45, 7) is 3.23. The van der Waals surface area contributed by atoms with Gasteiger partial charge in [0.25, 0.3) is 0 Å². The molecule has 1 saturated heterocycles. The number of nitrogens with two attached hydrogens (primary N) is 1. The molecule has 0 radical (unpaired) electrons. The number of rotatable bonds is 7. The minimum atomic E-state index is -0.708. The topological polar surface area (TPSA) is 127 Å². The van der Waals surface area contributed by atoms with Gasteiger partial charge in [-0.25, -0.2) is 4.98 Å². The van der Waals surface area contributed by atoms with E-state index in [1.807, 2.05) is 42.2 Å². The second-order valence-corrected chi connectivity index (χ2v) is 8.23. The molecular formula is C22H23N5O2S. The second kappa shape index (κ2) is 9.62. The highest BCUT2D eigenvalue weighted by Crippen LogP contribution is 2.40. The van der Waals surface area contributed by atoms with Gasteiger partial charge in [0.15, 0.2) is 0 Å². The smallest absolute Gasteiger partial charge is 0.235 e. The van der Waals surface area contributed by atoms with Crippen LogP contribution in [0.1, 0.15) is 40.8 Å². The van der Waals surface area contributed by atoms with Crippen LogP contribution in [0.5, 0.6) is 0 Å². The van der Waals surface area contributed by atoms with Crippen LogP contribution in [-0.2, 0) is 11.2 Å². The highest BCUT2D eigenvalue weighted by atomic mass is 32.2. The first-order chi connectivity index (χ1) is 14.5. The van der Waals surface area contributed by atoms with Crippen LogP contribution in [0.15, 0.2) is 35.4 Å². The molecule has 0 spiro atoms. The fourth-order valence-corrected chi connectivity index (χ4v) is 4.76. The van der Waals surface area contributed by atoms with Gasteiger partial charge in [-0.2, -0.15) is 10.5 Å². The minimum absolute atomic E-state index is 0.0780. The van der Waals surface area contributed by atoms with E-state index in [0.29, 0.717) is 47.0 Å². The van der Waals surface area contributed by atoms with E-state index in [-0.39, 0.29) is 12.5 Å². The maximum atomic E-state index is 12.2. The molecule has 2 atom stereocenters. The number of pyridine rings is 1. The Labute approximate surface area is 180 Å². The molecule has 1 aromatic carbocycles. The largest absolute Gasteiger partial charge is 0.396 e. The number of nitrogens with zero attached hydrogens (tertiary/aromatic N) is 4. The fraction of sp³-hybridized carbons (Fsp3) is 0.364. The highest BCUT2D eigenvalue weighted by Gasteiger charge is 2.30. The average molecular weight is 422 g/mol. The lowest BCUT2D eigenvalue weighted by atomic mass is 10.0. The summed E-state index contributed by atoms with van der Waals surface area (Å²) in [5.74, 6) is 0.100. The number of amides is 1. The third-order valence-electron chi connectivity index (χ3n) is 5.26. The van der Waals surface area contributed by atoms with E-state index in [0.717, 1.165) is 23.7 Å². The lowest BCUT2D eigenvalue weighted by Gasteiger charge is -2.23. The predicted molar refractivity (Wildman–Crippen MR) is 115 cm³/mol. The number of hydrogen-bond acceptors (Lipinski definition) is 7. The van der Waals surface area contributed by atoms with Gasteiger partial charge < -0.3 is 15.7 Å². The molecule has 7 nitrogen and oxygen atoms in total. The van der Waals surface area contributed by atoms with Crippen LogP contribution in [0.2, 0.25) is 0 Å². The maximum Gasteiger partial charge on any atom is 0.235 e. The Balaban J connectivity index is 2.11. The molecule has 30 heavy (non-hydrogen) atoms. The van der Waals surface area contributed by atoms with Crippen molar-refractivity contribution in [3.8, 4) is 12.1 Å². The molecule has 8 heteroatoms. The lowest BCUT2D eigenvalue weighted by molar-refractivity contribution is -0.117. The van der Waals surface area contributed by atoms with Gasteiger partial charge in [0.05, 0.1) is 11.1 Å². The van der Waals surface area contributed by atoms with Gasteiger partial charge in [0.2, 0.25) is 5.91 Å². The SMILES string of the molecule is CCc1c(C#N)c(S[C@@H](C(N)=O)c2ccccc2)nc(N2CCC(CO)C2)c1C#N. The number of hydrogen-bond donors (Lipinski definition) is 2. The number of primary amides is 1. The summed E-state index contributed by atoms with van der Waals surface area (Å²) in [6, 6.07) is 13.5. The molecule has 1 aromatic heterocycles. The summed E-state index contributed by atoms with van der Waals surface area (Å²) in [4.78, 5) is 18.9. The Hall–Kier alpha value is -3.07. The van der Waals surface area contributed by atoms with Crippen molar-refractivity contribution in [3.63, 3.8) is 0 Å². The van der Waals surface area contributed by atoms with Crippen molar-refractivity contribution in [2.45, 2.75) is 30.0 Å². The molecule has 2 aromatic rings. The average Bonchev–Trinajstić information content (AvgIpc) is 3.25. The summed E-state index contributed by atoms with van der Waals surface area (Å²) in [5.41, 5.74) is 7.71. The Bertz CT molecular complexity index is 1010. The van der Waals surface area contributed by atoms with Gasteiger partial charge in [-0.1, -0.05) is 49.0 Å². The molecular weight excluding hydrogens is 398 g/mol. The van der Waals surface area contributed by atoms with E-state index in [1.54, 1.807) is 0 Å². The third-order valence-corrected chi connectivity index (χ3v) is 6.52. The van der Waals surface area contributed by atoms with Gasteiger partial charge in [-0.15, -0.1) is 0 Å². The summed E-state index contributed by atoms with van der Waals surface area (Å²) in [5, 5.41) is 28.8. The highest BCUT2D eigenvalue weighted by molar-refractivity contribution is 8.00. The molecule has 0 aliphatic carbocycles. The van der Waals surface area contributed by atoms with Crippen molar-refractivity contribution in [2.75, 3.05) is 24.6 Å². The zero-order valence-electron chi connectivity index (χ0n) is 16.7. The van der Waals surface area contributed by atoms with Crippen LogP contribution in [0.25, 0.3) is 0 Å². The van der Waals surface area contributed by atoms with E-state index >= 15 is 0 Å². The molecule has 0 saturated carbocycles. The van der Waals surface area contributed by atoms with Crippen molar-refractivity contribution < 1.29 is 9.90 Å². The van der Waals surface area contributed by atoms with Gasteiger partial charge >= 0.3 is 0 Å². The van der Waals surface area contributed by atoms with Crippen molar-refractivity contribution in [1.29, 1.82) is 10.5 Å². The minimum Gasteiger partial charge on any atom is -0.396 e. The Morgan fingerprint density at radius 3 is 2.57 bits per heavy atom. The lowest BCUT2D eigenvalue weighted by Crippen LogP contribution is -2.24. The molecule has 1 aliphatic rings. The zero-order chi connectivity index (χ0) is 21.7. The van der Waals surface area contributed by atoms with Crippen LogP contribution >= 0.6 is 11.8 Å². The van der Waals surface area contributed by atoms with Crippen LogP contribution in [0.4, 0.5) is 5.82 Å². The maximum absolute atomic E-state index is 12.2. The van der Waals surface area contributed by atoms with Crippen LogP contribution in [0.3, 0.4) is 0 Å². The van der Waals surface area contributed by atoms with E-state index in [4.69, 9.17) is 5.73 Å². The van der Waals surface area contributed by atoms with Gasteiger partial charge in [0.1, 0.15) is 28.2 Å². The number of aromatic nitrogens is 1. The van der Waals surface area contributed by atoms with Crippen LogP contribution in [0, 0.1) is 28.6 Å². The summed E-state index contributed by atoms with van der Waals surface area (Å²) in [6.07, 6.45) is 1.29. The number of anilines is 1. The quantitative estimate of drug-likeness (QED) is 0.658. The first-order valence-corrected chi connectivity index (χ1v) is 10.7. The molecule has 0 bridgehead atoms. The summed E-state index contributed by atoms with van der Waals surface area (Å²) < 4.78 is 0. The predicted octanol–water partition coefficient (Wildman–Crippen LogP) is 2.52. The molecule has 3 rings (SSSR count). The molecule has 154 valence electrons. The van der Waals surface area contributed by atoms with Crippen molar-refractivity contribution in [2.24, 2.45) is 11.7 Å². The second-order valence-electron chi connectivity index (χ2n) is 7.14. The first-order valence-electron chi connectivity index (χ1n) is 9.77. The molecule has 2 heterocycles. The van der Waals surface area contributed by atoms with Crippen molar-refractivity contribution in [1.82, 2.24) is 4.98 Å². The number of carbonyl (C=O) groups excluding carboxylic acids is 1. The number of aliphatic hydroxyl groups excluding tert-OH is 1. The van der Waals surface area contributed by atoms with Crippen molar-refractivity contribution in [3.05, 3.63) is 52.6 Å². The summed E-state index contributed by atoms with van der Waals surface area (Å²) in [7, 11) is 0. The van der Waals surface area contributed by atoms with Crippen LogP contribution < -0.4 is 10.6 Å². The molecule has 1 unspecified atom stereocenters. The van der Waals surface area contributed by atoms with Crippen molar-refractivity contribution >= 4 is 23.5 Å². The number of benzene rings is 1. The summed E-state index contributed by atoms with van der Waals surface area (Å²) >= 11 is 1.14. The molecule has 1 fully saturated rings. The van der Waals surface area contributed by atoms with E-state index in [9.17, 15) is 20.4 Å². The van der Waals surface area contributed by atoms with E-state index < -0.39 is 11.2 Å². The number of carbonyl (C=O) groups is 1. The Kier molecular flexibility index (Phi) is 6.94. The Morgan fingerprint density at radius 1 is 1.33 bits per heavy atom. The number of nitriles is 2. The molecule has 1 amide bonds. The number of thioether (sulfide) groups is 1. The van der Waals surface area contributed by atoms with Gasteiger partial charge in [-0.05, 0) is 24.0 Å². The standard InChI is InChI=1S/C22H23N5O2S/c1-2-16-17(10-23)21(27-9-8-14(12-27)13-28)26-22(18(16)11-24)30-19(20(25)29)15-6-4-3-5-7-15/h3-7,14,19,28H,2,8-9,12-13H2,1H3,(H2,25,29)/t14?,19-/m1/s1. The van der Waals surface area contributed by atoms with E-state index in [1.165, 1.54) is 0 Å². The van der Waals surface area contributed by atoms with E-state index in [2.05, 4.69) is 17.1 Å². The zero-order valence-corrected chi connectivity index (χ0v) is 17.5. The normalized spacial score (nSPS) is 16.7. The molecule has 3 N–H and O–H groups in total. The number of aliphatic hydroxyl groups is 1. The third kappa shape index (κ3) is 4.25. The first kappa shape index (κ1) is 21.6. The molecule has 1 aliphatic heterocycles. The fourth-order valence-electron chi connectivity index (χ4n) is 3.70.